The molecule has 2 aliphatic rings. The number of aromatic nitrogens is 2. The molecule has 9 rings (SSSR count). The Bertz CT molecular complexity index is 2420. The first-order valence-electron chi connectivity index (χ1n) is 16.3. The van der Waals surface area contributed by atoms with Crippen molar-refractivity contribution in [3.05, 3.63) is 173 Å². The molecule has 0 bridgehead atoms. The first kappa shape index (κ1) is 32.4. The zero-order valence-electron chi connectivity index (χ0n) is 27.8. The van der Waals surface area contributed by atoms with E-state index in [-0.39, 0.29) is 30.9 Å². The van der Waals surface area contributed by atoms with Crippen LogP contribution >= 0.6 is 0 Å². The second kappa shape index (κ2) is 12.4. The summed E-state index contributed by atoms with van der Waals surface area (Å²) in [5.41, 5.74) is 14.8. The standard InChI is InChI=1S/C25H17N2.C20H16N.Ir/c1-25(2)22-15-17-8-5-4-7-16(17)14-21(22)20-11-12-27-24(23(20)25)18-9-6-10-19(13-18)26-3;1-20(2)17-8-4-3-7-15(17)16-13-14(10-11-18(16)20)19-9-5-6-12-21-19;/h4-8,10-15H,1-2H3;3-9,11-13H,1-2H3;/q2*-1;. The second-order valence-corrected chi connectivity index (χ2v) is 13.6. The van der Waals surface area contributed by atoms with Crippen LogP contribution in [0.25, 0.3) is 60.4 Å². The van der Waals surface area contributed by atoms with Gasteiger partial charge in [-0.05, 0) is 85.2 Å². The first-order valence-corrected chi connectivity index (χ1v) is 16.3. The molecular formula is C45H33IrN3-2. The maximum absolute atomic E-state index is 7.31. The molecule has 4 heteroatoms. The van der Waals surface area contributed by atoms with E-state index in [2.05, 4.69) is 129 Å². The van der Waals surface area contributed by atoms with Gasteiger partial charge in [-0.15, -0.1) is 53.1 Å². The largest absolute Gasteiger partial charge is 0.305 e. The van der Waals surface area contributed by atoms with Crippen molar-refractivity contribution < 1.29 is 20.1 Å². The second-order valence-electron chi connectivity index (χ2n) is 13.6. The van der Waals surface area contributed by atoms with Crippen molar-refractivity contribution in [2.24, 2.45) is 0 Å². The van der Waals surface area contributed by atoms with E-state index in [0.717, 1.165) is 22.5 Å². The molecule has 239 valence electrons. The number of hydrogen-bond acceptors (Lipinski definition) is 2. The third-order valence-corrected chi connectivity index (χ3v) is 10.1. The average Bonchev–Trinajstić information content (AvgIpc) is 3.50. The van der Waals surface area contributed by atoms with Gasteiger partial charge in [0.15, 0.2) is 0 Å². The number of benzene rings is 5. The van der Waals surface area contributed by atoms with Gasteiger partial charge in [-0.1, -0.05) is 93.9 Å². The summed E-state index contributed by atoms with van der Waals surface area (Å²) in [6, 6.07) is 46.4. The van der Waals surface area contributed by atoms with Gasteiger partial charge in [0.2, 0.25) is 0 Å². The Balaban J connectivity index is 0.000000156. The number of fused-ring (bicyclic) bond motifs is 7. The Morgan fingerprint density at radius 1 is 0.592 bits per heavy atom. The Morgan fingerprint density at radius 3 is 2.10 bits per heavy atom. The van der Waals surface area contributed by atoms with E-state index in [0.29, 0.717) is 5.69 Å². The number of hydrogen-bond donors (Lipinski definition) is 0. The van der Waals surface area contributed by atoms with E-state index in [1.165, 1.54) is 55.3 Å². The van der Waals surface area contributed by atoms with E-state index < -0.39 is 0 Å². The summed E-state index contributed by atoms with van der Waals surface area (Å²) >= 11 is 0. The van der Waals surface area contributed by atoms with E-state index >= 15 is 0 Å². The fraction of sp³-hybridized carbons (Fsp3) is 0.133. The quantitative estimate of drug-likeness (QED) is 0.163. The van der Waals surface area contributed by atoms with Crippen LogP contribution in [0.4, 0.5) is 5.69 Å². The van der Waals surface area contributed by atoms with Crippen molar-refractivity contribution in [3.63, 3.8) is 0 Å². The number of pyridine rings is 2. The van der Waals surface area contributed by atoms with Crippen LogP contribution in [0, 0.1) is 18.7 Å². The van der Waals surface area contributed by atoms with Gasteiger partial charge in [0, 0.05) is 37.9 Å². The van der Waals surface area contributed by atoms with E-state index in [1.54, 1.807) is 6.07 Å². The monoisotopic (exact) mass is 808 g/mol. The van der Waals surface area contributed by atoms with Crippen LogP contribution in [0.1, 0.15) is 49.9 Å². The summed E-state index contributed by atoms with van der Waals surface area (Å²) < 4.78 is 0. The number of rotatable bonds is 2. The molecule has 0 unspecified atom stereocenters. The molecule has 0 fully saturated rings. The summed E-state index contributed by atoms with van der Waals surface area (Å²) in [6.07, 6.45) is 3.70. The minimum atomic E-state index is -0.166. The van der Waals surface area contributed by atoms with Crippen molar-refractivity contribution in [2.75, 3.05) is 0 Å². The molecule has 2 aliphatic carbocycles. The predicted molar refractivity (Wildman–Crippen MR) is 196 cm³/mol. The van der Waals surface area contributed by atoms with Crippen LogP contribution in [-0.4, -0.2) is 9.97 Å². The maximum atomic E-state index is 7.31. The molecule has 1 radical (unpaired) electrons. The molecule has 0 saturated carbocycles. The summed E-state index contributed by atoms with van der Waals surface area (Å²) in [4.78, 5) is 12.7. The molecule has 49 heavy (non-hydrogen) atoms. The summed E-state index contributed by atoms with van der Waals surface area (Å²) in [5.74, 6) is 0. The topological polar surface area (TPSA) is 30.1 Å². The zero-order valence-corrected chi connectivity index (χ0v) is 30.2. The summed E-state index contributed by atoms with van der Waals surface area (Å²) in [7, 11) is 0. The van der Waals surface area contributed by atoms with Crippen LogP contribution < -0.4 is 0 Å². The Hall–Kier alpha value is -5.20. The summed E-state index contributed by atoms with van der Waals surface area (Å²) in [6.45, 7) is 16.4. The fourth-order valence-corrected chi connectivity index (χ4v) is 7.61. The molecule has 0 amide bonds. The van der Waals surface area contributed by atoms with E-state index in [4.69, 9.17) is 11.6 Å². The summed E-state index contributed by atoms with van der Waals surface area (Å²) in [5, 5.41) is 2.51. The van der Waals surface area contributed by atoms with Crippen molar-refractivity contribution in [1.82, 2.24) is 9.97 Å². The van der Waals surface area contributed by atoms with Crippen LogP contribution in [0.3, 0.4) is 0 Å². The SMILES string of the molecule is CC1(C)c2c[c-]c(-c3ccccn3)cc2-c2ccccc21.[C-]#[N+]c1cc[c-]c(-c2nccc3c2C(C)(C)c2cc4ccccc4cc2-3)c1.[Ir]. The molecule has 2 aromatic heterocycles. The molecule has 5 aromatic carbocycles. The van der Waals surface area contributed by atoms with Crippen LogP contribution in [0.15, 0.2) is 128 Å². The minimum absolute atomic E-state index is 0. The Morgan fingerprint density at radius 2 is 1.33 bits per heavy atom. The normalized spacial score (nSPS) is 13.9. The molecule has 0 atom stereocenters. The molecule has 7 aromatic rings. The molecule has 0 N–H and O–H groups in total. The number of nitrogens with zero attached hydrogens (tertiary/aromatic N) is 3. The van der Waals surface area contributed by atoms with Crippen LogP contribution in [-0.2, 0) is 30.9 Å². The van der Waals surface area contributed by atoms with Crippen molar-refractivity contribution in [3.8, 4) is 44.8 Å². The third kappa shape index (κ3) is 5.31. The van der Waals surface area contributed by atoms with Crippen molar-refractivity contribution >= 4 is 16.5 Å². The predicted octanol–water partition coefficient (Wildman–Crippen LogP) is 11.4. The first-order chi connectivity index (χ1) is 23.3. The molecule has 0 aliphatic heterocycles. The average molecular weight is 808 g/mol. The Labute approximate surface area is 301 Å². The van der Waals surface area contributed by atoms with E-state index in [9.17, 15) is 0 Å². The van der Waals surface area contributed by atoms with Gasteiger partial charge in [0.05, 0.1) is 6.57 Å². The van der Waals surface area contributed by atoms with Crippen molar-refractivity contribution in [2.45, 2.75) is 38.5 Å². The van der Waals surface area contributed by atoms with Gasteiger partial charge >= 0.3 is 0 Å². The molecule has 0 saturated heterocycles. The van der Waals surface area contributed by atoms with Crippen molar-refractivity contribution in [1.29, 1.82) is 0 Å². The Kier molecular flexibility index (Phi) is 8.16. The maximum Gasteiger partial charge on any atom is 0.108 e. The van der Waals surface area contributed by atoms with Gasteiger partial charge < -0.3 is 9.97 Å². The van der Waals surface area contributed by atoms with E-state index in [1.807, 2.05) is 42.7 Å². The van der Waals surface area contributed by atoms with Gasteiger partial charge in [-0.25, -0.2) is 0 Å². The van der Waals surface area contributed by atoms with Gasteiger partial charge in [-0.2, -0.15) is 6.07 Å². The minimum Gasteiger partial charge on any atom is -0.305 e. The van der Waals surface area contributed by atoms with Crippen LogP contribution in [0.5, 0.6) is 0 Å². The fourth-order valence-electron chi connectivity index (χ4n) is 7.61. The van der Waals surface area contributed by atoms with Gasteiger partial charge in [-0.3, -0.25) is 4.85 Å². The molecule has 2 heterocycles. The molecule has 0 spiro atoms. The molecule has 3 nitrogen and oxygen atoms in total. The smallest absolute Gasteiger partial charge is 0.108 e. The zero-order chi connectivity index (χ0) is 33.0. The third-order valence-electron chi connectivity index (χ3n) is 10.1. The van der Waals surface area contributed by atoms with Gasteiger partial charge in [0.25, 0.3) is 0 Å². The van der Waals surface area contributed by atoms with Gasteiger partial charge in [0.1, 0.15) is 5.69 Å². The van der Waals surface area contributed by atoms with Crippen LogP contribution in [0.2, 0.25) is 0 Å². The molecular weight excluding hydrogens is 775 g/mol.